The third-order valence-corrected chi connectivity index (χ3v) is 1.09. The maximum Gasteiger partial charge on any atom is 0.338 e. The van der Waals surface area contributed by atoms with Crippen molar-refractivity contribution in [2.24, 2.45) is 0 Å². The minimum Gasteiger partial charge on any atom is -0.432 e. The first-order valence-corrected chi connectivity index (χ1v) is 3.32. The average Bonchev–Trinajstić information content (AvgIpc) is 2.00. The lowest BCUT2D eigenvalue weighted by molar-refractivity contribution is -0.133. The minimum absolute atomic E-state index is 0.0404. The molecule has 0 radical (unpaired) electrons. The van der Waals surface area contributed by atoms with Crippen molar-refractivity contribution in [3.05, 3.63) is 24.5 Å². The van der Waals surface area contributed by atoms with Gasteiger partial charge in [-0.25, -0.2) is 4.79 Å². The first-order valence-electron chi connectivity index (χ1n) is 3.32. The maximum atomic E-state index is 10.8. The number of hydrogen-bond acceptors (Lipinski definition) is 3. The molecule has 11 heavy (non-hydrogen) atoms. The van der Waals surface area contributed by atoms with Crippen LogP contribution in [0.5, 0.6) is 0 Å². The molecule has 0 heterocycles. The first kappa shape index (κ1) is 9.91. The Morgan fingerprint density at radius 3 is 2.82 bits per heavy atom. The van der Waals surface area contributed by atoms with E-state index in [1.54, 1.807) is 13.0 Å². The molecule has 0 aromatic heterocycles. The highest BCUT2D eigenvalue weighted by Gasteiger charge is 2.01. The molecule has 0 aliphatic heterocycles. The zero-order valence-corrected chi connectivity index (χ0v) is 6.54. The second-order valence-electron chi connectivity index (χ2n) is 1.97. The van der Waals surface area contributed by atoms with Crippen LogP contribution in [0.1, 0.15) is 13.3 Å². The Morgan fingerprint density at radius 2 is 2.36 bits per heavy atom. The summed E-state index contributed by atoms with van der Waals surface area (Å²) in [6.07, 6.45) is 3.17. The molecule has 0 aromatic rings. The minimum atomic E-state index is -0.423. The Balaban J connectivity index is 3.89. The van der Waals surface area contributed by atoms with Crippen LogP contribution in [0.25, 0.3) is 0 Å². The Bertz CT molecular complexity index is 170. The summed E-state index contributed by atoms with van der Waals surface area (Å²) in [6.45, 7) is 4.91. The van der Waals surface area contributed by atoms with Gasteiger partial charge in [-0.3, -0.25) is 0 Å². The molecule has 3 heteroatoms. The van der Waals surface area contributed by atoms with Crippen LogP contribution in [-0.4, -0.2) is 17.7 Å². The molecule has 0 amide bonds. The fourth-order valence-corrected chi connectivity index (χ4v) is 0.533. The van der Waals surface area contributed by atoms with Gasteiger partial charge in [0.25, 0.3) is 0 Å². The number of carbonyl (C=O) groups is 1. The highest BCUT2D eigenvalue weighted by Crippen LogP contribution is 1.98. The van der Waals surface area contributed by atoms with E-state index < -0.39 is 5.97 Å². The molecule has 0 aliphatic carbocycles. The number of carbonyl (C=O) groups excluding carboxylic acids is 1. The fraction of sp³-hybridized carbons (Fsp3) is 0.375. The van der Waals surface area contributed by atoms with E-state index >= 15 is 0 Å². The van der Waals surface area contributed by atoms with Gasteiger partial charge in [0.2, 0.25) is 0 Å². The van der Waals surface area contributed by atoms with Crippen LogP contribution in [0, 0.1) is 0 Å². The summed E-state index contributed by atoms with van der Waals surface area (Å²) < 4.78 is 4.48. The predicted molar refractivity (Wildman–Crippen MR) is 41.7 cm³/mol. The van der Waals surface area contributed by atoms with E-state index in [4.69, 9.17) is 5.11 Å². The molecule has 1 N–H and O–H groups in total. The van der Waals surface area contributed by atoms with Crippen LogP contribution in [0.2, 0.25) is 0 Å². The van der Waals surface area contributed by atoms with E-state index in [0.29, 0.717) is 12.0 Å². The smallest absolute Gasteiger partial charge is 0.338 e. The molecule has 0 spiro atoms. The van der Waals surface area contributed by atoms with Crippen molar-refractivity contribution in [1.29, 1.82) is 0 Å². The van der Waals surface area contributed by atoms with Crippen molar-refractivity contribution < 1.29 is 14.6 Å². The van der Waals surface area contributed by atoms with Crippen molar-refractivity contribution in [2.45, 2.75) is 13.3 Å². The molecule has 0 saturated heterocycles. The second-order valence-corrected chi connectivity index (χ2v) is 1.97. The van der Waals surface area contributed by atoms with Gasteiger partial charge in [0.1, 0.15) is 0 Å². The summed E-state index contributed by atoms with van der Waals surface area (Å²) >= 11 is 0. The van der Waals surface area contributed by atoms with Gasteiger partial charge < -0.3 is 9.84 Å². The largest absolute Gasteiger partial charge is 0.432 e. The normalized spacial score (nSPS) is 10.9. The molecule has 0 unspecified atom stereocenters. The summed E-state index contributed by atoms with van der Waals surface area (Å²) in [4.78, 5) is 10.8. The highest BCUT2D eigenvalue weighted by atomic mass is 16.5. The van der Waals surface area contributed by atoms with Crippen LogP contribution in [0.15, 0.2) is 24.5 Å². The molecule has 0 fully saturated rings. The number of aliphatic hydroxyl groups is 1. The summed E-state index contributed by atoms with van der Waals surface area (Å²) in [5.41, 5.74) is 0.485. The van der Waals surface area contributed by atoms with Gasteiger partial charge in [0.05, 0.1) is 6.26 Å². The average molecular weight is 156 g/mol. The van der Waals surface area contributed by atoms with Crippen LogP contribution < -0.4 is 0 Å². The Hall–Kier alpha value is -1.09. The topological polar surface area (TPSA) is 46.5 Å². The Morgan fingerprint density at radius 1 is 1.73 bits per heavy atom. The second kappa shape index (κ2) is 5.68. The van der Waals surface area contributed by atoms with Gasteiger partial charge >= 0.3 is 5.97 Å². The van der Waals surface area contributed by atoms with E-state index in [1.807, 2.05) is 0 Å². The summed E-state index contributed by atoms with van der Waals surface area (Å²) in [6, 6.07) is 0. The van der Waals surface area contributed by atoms with Gasteiger partial charge in [-0.15, -0.1) is 0 Å². The molecule has 0 aromatic carbocycles. The lowest BCUT2D eigenvalue weighted by atomic mass is 10.2. The van der Waals surface area contributed by atoms with Crippen molar-refractivity contribution in [2.75, 3.05) is 6.61 Å². The van der Waals surface area contributed by atoms with E-state index in [9.17, 15) is 4.79 Å². The van der Waals surface area contributed by atoms with Gasteiger partial charge in [0.15, 0.2) is 0 Å². The van der Waals surface area contributed by atoms with E-state index in [1.165, 1.54) is 0 Å². The Kier molecular flexibility index (Phi) is 5.11. The standard InChI is InChI=1S/C8H12O3/c1-3-11-8(10)7(2)5-4-6-9/h3,5,9H,1,4,6H2,2H3. The zero-order valence-electron chi connectivity index (χ0n) is 6.54. The van der Waals surface area contributed by atoms with Crippen LogP contribution >= 0.6 is 0 Å². The molecule has 0 atom stereocenters. The van der Waals surface area contributed by atoms with Gasteiger partial charge in [-0.05, 0) is 13.3 Å². The van der Waals surface area contributed by atoms with Crippen molar-refractivity contribution in [3.8, 4) is 0 Å². The molecule has 0 rings (SSSR count). The number of aliphatic hydroxyl groups excluding tert-OH is 1. The van der Waals surface area contributed by atoms with Gasteiger partial charge in [0, 0.05) is 12.2 Å². The molecule has 0 bridgehead atoms. The summed E-state index contributed by atoms with van der Waals surface area (Å²) in [7, 11) is 0. The predicted octanol–water partition coefficient (Wildman–Crippen LogP) is 1.00. The zero-order chi connectivity index (χ0) is 8.69. The molecule has 62 valence electrons. The fourth-order valence-electron chi connectivity index (χ4n) is 0.533. The van der Waals surface area contributed by atoms with Crippen molar-refractivity contribution in [3.63, 3.8) is 0 Å². The van der Waals surface area contributed by atoms with E-state index in [-0.39, 0.29) is 6.61 Å². The number of ether oxygens (including phenoxy) is 1. The molecular formula is C8H12O3. The van der Waals surface area contributed by atoms with E-state index in [0.717, 1.165) is 6.26 Å². The summed E-state index contributed by atoms with van der Waals surface area (Å²) in [5, 5.41) is 8.41. The quantitative estimate of drug-likeness (QED) is 0.375. The highest BCUT2D eigenvalue weighted by molar-refractivity contribution is 5.88. The third-order valence-electron chi connectivity index (χ3n) is 1.09. The maximum absolute atomic E-state index is 10.8. The lowest BCUT2D eigenvalue weighted by Crippen LogP contribution is -2.00. The first-order chi connectivity index (χ1) is 5.22. The number of hydrogen-bond donors (Lipinski definition) is 1. The molecule has 3 nitrogen and oxygen atoms in total. The van der Waals surface area contributed by atoms with Crippen LogP contribution in [-0.2, 0) is 9.53 Å². The molecule has 0 aliphatic rings. The van der Waals surface area contributed by atoms with E-state index in [2.05, 4.69) is 11.3 Å². The van der Waals surface area contributed by atoms with Crippen molar-refractivity contribution in [1.82, 2.24) is 0 Å². The molecule has 0 saturated carbocycles. The third kappa shape index (κ3) is 4.33. The molecular weight excluding hydrogens is 144 g/mol. The van der Waals surface area contributed by atoms with Gasteiger partial charge in [-0.2, -0.15) is 0 Å². The monoisotopic (exact) mass is 156 g/mol. The number of esters is 1. The Labute approximate surface area is 66.0 Å². The van der Waals surface area contributed by atoms with Gasteiger partial charge in [-0.1, -0.05) is 12.7 Å². The number of rotatable bonds is 4. The van der Waals surface area contributed by atoms with Crippen LogP contribution in [0.3, 0.4) is 0 Å². The lowest BCUT2D eigenvalue weighted by Gasteiger charge is -1.96. The van der Waals surface area contributed by atoms with Crippen molar-refractivity contribution >= 4 is 5.97 Å². The summed E-state index contributed by atoms with van der Waals surface area (Å²) in [5.74, 6) is -0.423. The SMILES string of the molecule is C=COC(=O)C(C)=CCCO. The van der Waals surface area contributed by atoms with Crippen LogP contribution in [0.4, 0.5) is 0 Å².